The van der Waals surface area contributed by atoms with Gasteiger partial charge in [-0.25, -0.2) is 4.79 Å². The number of hydrogen-bond donors (Lipinski definition) is 1. The molecule has 54 heavy (non-hydrogen) atoms. The molecule has 12 atom stereocenters. The molecule has 0 aromatic heterocycles. The van der Waals surface area contributed by atoms with Crippen LogP contribution in [0.2, 0.25) is 0 Å². The monoisotopic (exact) mass is 769 g/mol. The number of aliphatic hydroxyl groups is 1. The van der Waals surface area contributed by atoms with Gasteiger partial charge in [0.1, 0.15) is 5.76 Å². The van der Waals surface area contributed by atoms with Crippen molar-refractivity contribution in [1.29, 1.82) is 0 Å². The highest BCUT2D eigenvalue weighted by Gasteiger charge is 2.64. The number of carbonyl (C=O) groups is 1. The number of benzene rings is 1. The maximum atomic E-state index is 13.4. The number of rotatable bonds is 3. The van der Waals surface area contributed by atoms with Crippen molar-refractivity contribution in [2.45, 2.75) is 115 Å². The zero-order valence-electron chi connectivity index (χ0n) is 32.4. The molecule has 3 saturated carbocycles. The van der Waals surface area contributed by atoms with Crippen LogP contribution < -0.4 is 0 Å². The summed E-state index contributed by atoms with van der Waals surface area (Å²) >= 11 is 0. The van der Waals surface area contributed by atoms with Crippen molar-refractivity contribution in [2.75, 3.05) is 25.2 Å². The van der Waals surface area contributed by atoms with Crippen molar-refractivity contribution in [1.82, 2.24) is 4.90 Å². The van der Waals surface area contributed by atoms with E-state index in [1.54, 1.807) is 14.0 Å². The average molecular weight is 770 g/mol. The lowest BCUT2D eigenvalue weighted by molar-refractivity contribution is -0.133. The lowest BCUT2D eigenvalue weighted by Gasteiger charge is -2.54. The van der Waals surface area contributed by atoms with E-state index in [4.69, 9.17) is 14.2 Å². The third-order valence-electron chi connectivity index (χ3n) is 16.2. The van der Waals surface area contributed by atoms with Crippen molar-refractivity contribution in [3.8, 4) is 0 Å². The molecule has 12 unspecified atom stereocenters. The molecule has 10 rings (SSSR count). The molecule has 3 bridgehead atoms. The number of allylic oxidation sites excluding steroid dienone is 2. The maximum Gasteiger partial charge on any atom is 0.343 e. The predicted octanol–water partition coefficient (Wildman–Crippen LogP) is 9.79. The average Bonchev–Trinajstić information content (AvgIpc) is 4.00. The highest BCUT2D eigenvalue weighted by atomic mass is 33.1. The molecule has 8 heteroatoms. The van der Waals surface area contributed by atoms with Gasteiger partial charge in [-0.05, 0) is 111 Å². The quantitative estimate of drug-likeness (QED) is 0.185. The first-order valence-corrected chi connectivity index (χ1v) is 23.9. The van der Waals surface area contributed by atoms with Crippen molar-refractivity contribution in [2.24, 2.45) is 52.8 Å². The Hall–Kier alpha value is -2.13. The van der Waals surface area contributed by atoms with Crippen molar-refractivity contribution >= 4 is 27.6 Å². The molecule has 6 fully saturated rings. The van der Waals surface area contributed by atoms with Gasteiger partial charge in [0.2, 0.25) is 5.76 Å². The Labute approximate surface area is 330 Å². The molecule has 290 valence electrons. The SMILES string of the molecule is COC1=C(C)C(=O)OC1=C1OC2=CCCN3C(CC4C5CC6(CCC(CSSCC7=CCC(C8CCCC8)CC7C(O)C53)C6)C4c3ccccc3)C2C1C. The third kappa shape index (κ3) is 5.84. The number of nitrogens with zero attached hydrogens (tertiary/aromatic N) is 1. The van der Waals surface area contributed by atoms with Gasteiger partial charge < -0.3 is 19.3 Å². The van der Waals surface area contributed by atoms with E-state index in [9.17, 15) is 9.90 Å². The lowest BCUT2D eigenvalue weighted by Crippen LogP contribution is -2.62. The standard InChI is InChI=1S/C46H59NO5S2/c1-26-38-36-21-34-35-23-46(39(34)30-12-5-4-6-13-30)18-17-28(22-46)24-53-54-25-32-16-15-31(29-10-7-8-11-29)20-33(32)41(48)40(35)47(36)19-9-14-37(38)51-43(26)44-42(50-3)27(2)45(49)52-44/h4-6,12-14,16,26,28-29,31,33-36,38-41,48H,7-11,15,17-25H2,1-3H3. The second-order valence-corrected chi connectivity index (χ2v) is 21.2. The zero-order chi connectivity index (χ0) is 36.7. The van der Waals surface area contributed by atoms with Crippen LogP contribution in [-0.2, 0) is 19.0 Å². The van der Waals surface area contributed by atoms with E-state index in [0.717, 1.165) is 54.9 Å². The van der Waals surface area contributed by atoms with Crippen molar-refractivity contribution in [3.63, 3.8) is 0 Å². The maximum absolute atomic E-state index is 13.4. The molecule has 9 aliphatic rings. The van der Waals surface area contributed by atoms with Crippen LogP contribution >= 0.6 is 21.6 Å². The van der Waals surface area contributed by atoms with Gasteiger partial charge in [-0.15, -0.1) is 0 Å². The molecule has 3 saturated heterocycles. The summed E-state index contributed by atoms with van der Waals surface area (Å²) in [7, 11) is 5.80. The van der Waals surface area contributed by atoms with Gasteiger partial charge in [0.05, 0.1) is 18.8 Å². The number of cyclic esters (lactones) is 1. The fourth-order valence-corrected chi connectivity index (χ4v) is 16.7. The van der Waals surface area contributed by atoms with Gasteiger partial charge in [-0.1, -0.05) is 96.2 Å². The molecule has 1 aromatic carbocycles. The fourth-order valence-electron chi connectivity index (χ4n) is 14.0. The normalized spacial score (nSPS) is 43.8. The third-order valence-corrected chi connectivity index (χ3v) is 18.7. The van der Waals surface area contributed by atoms with Crippen LogP contribution in [0.4, 0.5) is 0 Å². The van der Waals surface area contributed by atoms with Gasteiger partial charge in [0.25, 0.3) is 0 Å². The zero-order valence-corrected chi connectivity index (χ0v) is 34.1. The Morgan fingerprint density at radius 2 is 1.81 bits per heavy atom. The van der Waals surface area contributed by atoms with Crippen LogP contribution in [0.25, 0.3) is 0 Å². The van der Waals surface area contributed by atoms with E-state index >= 15 is 0 Å². The van der Waals surface area contributed by atoms with Crippen LogP contribution in [0.5, 0.6) is 0 Å². The Balaban J connectivity index is 1.09. The number of aliphatic hydroxyl groups excluding tert-OH is 1. The van der Waals surface area contributed by atoms with Gasteiger partial charge in [0, 0.05) is 47.9 Å². The number of carbonyl (C=O) groups excluding carboxylic acids is 1. The van der Waals surface area contributed by atoms with Crippen LogP contribution in [0.3, 0.4) is 0 Å². The van der Waals surface area contributed by atoms with E-state index < -0.39 is 6.10 Å². The molecule has 1 aromatic rings. The van der Waals surface area contributed by atoms with Gasteiger partial charge in [-0.3, -0.25) is 4.90 Å². The molecule has 0 amide bonds. The molecule has 0 radical (unpaired) electrons. The summed E-state index contributed by atoms with van der Waals surface area (Å²) in [5.74, 6) is 8.67. The minimum atomic E-state index is -0.399. The van der Waals surface area contributed by atoms with E-state index in [2.05, 4.69) is 75.9 Å². The molecule has 1 spiro atoms. The van der Waals surface area contributed by atoms with E-state index in [-0.39, 0.29) is 41.2 Å². The number of esters is 1. The highest BCUT2D eigenvalue weighted by molar-refractivity contribution is 8.76. The number of ether oxygens (including phenoxy) is 3. The predicted molar refractivity (Wildman–Crippen MR) is 216 cm³/mol. The van der Waals surface area contributed by atoms with Crippen LogP contribution in [0, 0.1) is 52.8 Å². The highest BCUT2D eigenvalue weighted by Crippen LogP contribution is 2.69. The second-order valence-electron chi connectivity index (χ2n) is 18.7. The van der Waals surface area contributed by atoms with Crippen molar-refractivity contribution < 1.29 is 24.1 Å². The first-order chi connectivity index (χ1) is 26.3. The Bertz CT molecular complexity index is 1760. The Kier molecular flexibility index (Phi) is 9.63. The molecule has 6 nitrogen and oxygen atoms in total. The van der Waals surface area contributed by atoms with Crippen LogP contribution in [-0.4, -0.2) is 59.3 Å². The molecule has 1 N–H and O–H groups in total. The summed E-state index contributed by atoms with van der Waals surface area (Å²) in [5, 5.41) is 13.4. The summed E-state index contributed by atoms with van der Waals surface area (Å²) in [6, 6.07) is 11.9. The molecule has 5 aliphatic heterocycles. The fraction of sp³-hybridized carbons (Fsp3) is 0.674. The molecule has 4 aliphatic carbocycles. The van der Waals surface area contributed by atoms with Gasteiger partial charge in [-0.2, -0.15) is 0 Å². The molecular formula is C46H59NO5S2. The summed E-state index contributed by atoms with van der Waals surface area (Å²) in [6.45, 7) is 4.99. The Morgan fingerprint density at radius 3 is 2.63 bits per heavy atom. The number of methoxy groups -OCH3 is 1. The second kappa shape index (κ2) is 14.4. The summed E-state index contributed by atoms with van der Waals surface area (Å²) in [4.78, 5) is 15.6. The summed E-state index contributed by atoms with van der Waals surface area (Å²) in [5.41, 5.74) is 3.82. The molecule has 5 heterocycles. The van der Waals surface area contributed by atoms with Crippen LogP contribution in [0.15, 0.2) is 76.7 Å². The largest absolute Gasteiger partial charge is 0.492 e. The summed E-state index contributed by atoms with van der Waals surface area (Å²) in [6.07, 6.45) is 19.5. The minimum Gasteiger partial charge on any atom is -0.492 e. The first kappa shape index (κ1) is 36.2. The topological polar surface area (TPSA) is 68.2 Å². The summed E-state index contributed by atoms with van der Waals surface area (Å²) < 4.78 is 18.5. The van der Waals surface area contributed by atoms with Crippen LogP contribution in [0.1, 0.15) is 102 Å². The molecular weight excluding hydrogens is 711 g/mol. The van der Waals surface area contributed by atoms with E-state index in [0.29, 0.717) is 40.8 Å². The van der Waals surface area contributed by atoms with E-state index in [1.807, 2.05) is 0 Å². The van der Waals surface area contributed by atoms with Crippen molar-refractivity contribution in [3.05, 3.63) is 82.2 Å². The van der Waals surface area contributed by atoms with E-state index in [1.165, 1.54) is 74.7 Å². The smallest absolute Gasteiger partial charge is 0.343 e. The first-order valence-electron chi connectivity index (χ1n) is 21.4. The minimum absolute atomic E-state index is 0.00680. The lowest BCUT2D eigenvalue weighted by atomic mass is 9.64. The Morgan fingerprint density at radius 1 is 0.981 bits per heavy atom. The van der Waals surface area contributed by atoms with Gasteiger partial charge in [0.15, 0.2) is 11.5 Å². The van der Waals surface area contributed by atoms with Gasteiger partial charge >= 0.3 is 5.97 Å². The number of hydrogen-bond acceptors (Lipinski definition) is 8. The number of fused-ring (bicyclic) bond motifs is 6. The number of piperidine rings is 1.